The maximum absolute atomic E-state index is 4.05. The molecule has 0 aliphatic heterocycles. The lowest BCUT2D eigenvalue weighted by atomic mass is 10.1. The van der Waals surface area contributed by atoms with E-state index < -0.39 is 0 Å². The topological polar surface area (TPSA) is 37.8 Å². The van der Waals surface area contributed by atoms with Crippen LogP contribution in [-0.2, 0) is 0 Å². The molecule has 15 heavy (non-hydrogen) atoms. The summed E-state index contributed by atoms with van der Waals surface area (Å²) in [5.41, 5.74) is 2.32. The molecule has 1 N–H and O–H groups in total. The lowest BCUT2D eigenvalue weighted by Gasteiger charge is -2.12. The minimum atomic E-state index is 0.231. The first-order valence-electron chi connectivity index (χ1n) is 4.73. The van der Waals surface area contributed by atoms with E-state index >= 15 is 0 Å². The van der Waals surface area contributed by atoms with Crippen LogP contribution in [0.3, 0.4) is 0 Å². The van der Waals surface area contributed by atoms with Crippen LogP contribution in [0.15, 0.2) is 11.4 Å². The van der Waals surface area contributed by atoms with Gasteiger partial charge in [-0.15, -0.1) is 16.4 Å². The summed E-state index contributed by atoms with van der Waals surface area (Å²) in [5, 5.41) is 9.55. The molecular weight excluding hydrogens is 226 g/mol. The Bertz CT molecular complexity index is 447. The standard InChI is InChI=1S/C10H13N3S2/c1-6-4-8(5-14-6)9(11-3)10-7(2)12-13-15-10/h4-5,9,11H,1-3H3. The monoisotopic (exact) mass is 239 g/mol. The van der Waals surface area contributed by atoms with Crippen molar-refractivity contribution < 1.29 is 0 Å². The highest BCUT2D eigenvalue weighted by atomic mass is 32.1. The van der Waals surface area contributed by atoms with Crippen molar-refractivity contribution in [3.63, 3.8) is 0 Å². The van der Waals surface area contributed by atoms with E-state index in [2.05, 4.69) is 33.3 Å². The van der Waals surface area contributed by atoms with Crippen LogP contribution in [0.5, 0.6) is 0 Å². The molecule has 1 unspecified atom stereocenters. The first-order chi connectivity index (χ1) is 7.22. The molecule has 0 aromatic carbocycles. The van der Waals surface area contributed by atoms with Gasteiger partial charge in [0, 0.05) is 4.88 Å². The second kappa shape index (κ2) is 4.38. The molecule has 80 valence electrons. The van der Waals surface area contributed by atoms with Gasteiger partial charge in [0.2, 0.25) is 0 Å². The summed E-state index contributed by atoms with van der Waals surface area (Å²) in [6.45, 7) is 4.13. The second-order valence-electron chi connectivity index (χ2n) is 3.43. The molecule has 0 bridgehead atoms. The highest BCUT2D eigenvalue weighted by molar-refractivity contribution is 7.10. The number of aromatic nitrogens is 2. The van der Waals surface area contributed by atoms with Gasteiger partial charge in [0.25, 0.3) is 0 Å². The number of hydrogen-bond donors (Lipinski definition) is 1. The Balaban J connectivity index is 2.36. The van der Waals surface area contributed by atoms with Gasteiger partial charge in [-0.1, -0.05) is 4.49 Å². The third kappa shape index (κ3) is 2.09. The van der Waals surface area contributed by atoms with Gasteiger partial charge in [-0.2, -0.15) is 0 Å². The van der Waals surface area contributed by atoms with Crippen LogP contribution in [0.1, 0.15) is 27.1 Å². The Morgan fingerprint density at radius 2 is 2.20 bits per heavy atom. The number of nitrogens with zero attached hydrogens (tertiary/aromatic N) is 2. The van der Waals surface area contributed by atoms with E-state index in [1.165, 1.54) is 26.9 Å². The Kier molecular flexibility index (Phi) is 3.14. The van der Waals surface area contributed by atoms with E-state index in [9.17, 15) is 0 Å². The molecule has 0 aliphatic rings. The predicted molar refractivity (Wildman–Crippen MR) is 64.6 cm³/mol. The van der Waals surface area contributed by atoms with Gasteiger partial charge in [0.15, 0.2) is 0 Å². The van der Waals surface area contributed by atoms with Gasteiger partial charge in [-0.25, -0.2) is 0 Å². The normalized spacial score (nSPS) is 13.0. The third-order valence-corrected chi connectivity index (χ3v) is 4.09. The van der Waals surface area contributed by atoms with Crippen molar-refractivity contribution in [2.24, 2.45) is 0 Å². The average Bonchev–Trinajstić information content (AvgIpc) is 2.79. The molecule has 3 nitrogen and oxygen atoms in total. The van der Waals surface area contributed by atoms with Crippen molar-refractivity contribution in [2.45, 2.75) is 19.9 Å². The fraction of sp³-hybridized carbons (Fsp3) is 0.400. The van der Waals surface area contributed by atoms with Crippen molar-refractivity contribution >= 4 is 22.9 Å². The van der Waals surface area contributed by atoms with E-state index in [1.807, 2.05) is 14.0 Å². The Morgan fingerprint density at radius 1 is 1.40 bits per heavy atom. The van der Waals surface area contributed by atoms with Gasteiger partial charge in [-0.05, 0) is 49.4 Å². The maximum Gasteiger partial charge on any atom is 0.0776 e. The zero-order valence-electron chi connectivity index (χ0n) is 8.94. The molecule has 5 heteroatoms. The molecule has 0 amide bonds. The summed E-state index contributed by atoms with van der Waals surface area (Å²) in [7, 11) is 1.97. The van der Waals surface area contributed by atoms with Crippen LogP contribution >= 0.6 is 22.9 Å². The highest BCUT2D eigenvalue weighted by Crippen LogP contribution is 2.29. The van der Waals surface area contributed by atoms with Gasteiger partial charge in [0.1, 0.15) is 0 Å². The molecule has 0 aliphatic carbocycles. The largest absolute Gasteiger partial charge is 0.309 e. The van der Waals surface area contributed by atoms with Crippen LogP contribution in [-0.4, -0.2) is 16.6 Å². The molecular formula is C10H13N3S2. The summed E-state index contributed by atoms with van der Waals surface area (Å²) in [4.78, 5) is 2.54. The summed E-state index contributed by atoms with van der Waals surface area (Å²) in [6.07, 6.45) is 0. The number of nitrogens with one attached hydrogen (secondary N) is 1. The minimum absolute atomic E-state index is 0.231. The van der Waals surface area contributed by atoms with E-state index in [4.69, 9.17) is 0 Å². The summed E-state index contributed by atoms with van der Waals surface area (Å²) >= 11 is 3.24. The molecule has 1 atom stereocenters. The molecule has 0 fully saturated rings. The van der Waals surface area contributed by atoms with Crippen LogP contribution < -0.4 is 5.32 Å². The lowest BCUT2D eigenvalue weighted by Crippen LogP contribution is -2.16. The van der Waals surface area contributed by atoms with Gasteiger partial charge < -0.3 is 5.32 Å². The molecule has 2 heterocycles. The van der Waals surface area contributed by atoms with Crippen molar-refractivity contribution in [1.82, 2.24) is 14.9 Å². The molecule has 2 aromatic rings. The second-order valence-corrected chi connectivity index (χ2v) is 5.34. The molecule has 0 radical (unpaired) electrons. The van der Waals surface area contributed by atoms with Crippen LogP contribution in [0.4, 0.5) is 0 Å². The zero-order valence-corrected chi connectivity index (χ0v) is 10.6. The van der Waals surface area contributed by atoms with E-state index in [0.29, 0.717) is 0 Å². The summed E-state index contributed by atoms with van der Waals surface area (Å²) < 4.78 is 3.98. The van der Waals surface area contributed by atoms with E-state index in [1.54, 1.807) is 11.3 Å². The summed E-state index contributed by atoms with van der Waals surface area (Å²) in [5.74, 6) is 0. The Labute approximate surface area is 97.3 Å². The smallest absolute Gasteiger partial charge is 0.0776 e. The van der Waals surface area contributed by atoms with E-state index in [0.717, 1.165) is 5.69 Å². The van der Waals surface area contributed by atoms with Crippen molar-refractivity contribution in [3.8, 4) is 0 Å². The Morgan fingerprint density at radius 3 is 2.67 bits per heavy atom. The first-order valence-corrected chi connectivity index (χ1v) is 6.39. The van der Waals surface area contributed by atoms with Gasteiger partial charge >= 0.3 is 0 Å². The molecule has 0 spiro atoms. The number of hydrogen-bond acceptors (Lipinski definition) is 5. The first kappa shape index (κ1) is 10.7. The lowest BCUT2D eigenvalue weighted by molar-refractivity contribution is 0.699. The molecule has 0 saturated heterocycles. The number of aryl methyl sites for hydroxylation is 2. The third-order valence-electron chi connectivity index (χ3n) is 2.32. The SMILES string of the molecule is CNC(c1csc(C)c1)c1snnc1C. The molecule has 2 rings (SSSR count). The summed E-state index contributed by atoms with van der Waals surface area (Å²) in [6, 6.07) is 2.44. The predicted octanol–water partition coefficient (Wildman–Crippen LogP) is 2.53. The maximum atomic E-state index is 4.05. The highest BCUT2D eigenvalue weighted by Gasteiger charge is 2.18. The Hall–Kier alpha value is -0.780. The van der Waals surface area contributed by atoms with Crippen LogP contribution in [0.2, 0.25) is 0 Å². The fourth-order valence-corrected chi connectivity index (χ4v) is 3.08. The van der Waals surface area contributed by atoms with Crippen LogP contribution in [0.25, 0.3) is 0 Å². The number of rotatable bonds is 3. The quantitative estimate of drug-likeness (QED) is 0.894. The minimum Gasteiger partial charge on any atom is -0.309 e. The van der Waals surface area contributed by atoms with Crippen molar-refractivity contribution in [2.75, 3.05) is 7.05 Å². The van der Waals surface area contributed by atoms with E-state index in [-0.39, 0.29) is 6.04 Å². The van der Waals surface area contributed by atoms with Crippen LogP contribution in [0, 0.1) is 13.8 Å². The fourth-order valence-electron chi connectivity index (χ4n) is 1.57. The number of thiophene rings is 1. The van der Waals surface area contributed by atoms with Crippen molar-refractivity contribution in [1.29, 1.82) is 0 Å². The zero-order chi connectivity index (χ0) is 10.8. The van der Waals surface area contributed by atoms with Crippen molar-refractivity contribution in [3.05, 3.63) is 32.5 Å². The molecule has 0 saturated carbocycles. The average molecular weight is 239 g/mol. The molecule has 2 aromatic heterocycles. The van der Waals surface area contributed by atoms with Gasteiger partial charge in [0.05, 0.1) is 16.6 Å². The van der Waals surface area contributed by atoms with Gasteiger partial charge in [-0.3, -0.25) is 0 Å².